The Labute approximate surface area is 103 Å². The van der Waals surface area contributed by atoms with Gasteiger partial charge >= 0.3 is 0 Å². The molecule has 0 heterocycles. The Bertz CT molecular complexity index is 474. The second-order valence-corrected chi connectivity index (χ2v) is 4.02. The lowest BCUT2D eigenvalue weighted by atomic mass is 10.1. The van der Waals surface area contributed by atoms with Crippen LogP contribution in [0.15, 0.2) is 67.3 Å². The van der Waals surface area contributed by atoms with Crippen LogP contribution in [0.3, 0.4) is 0 Å². The van der Waals surface area contributed by atoms with Gasteiger partial charge in [0.25, 0.3) is 0 Å². The van der Waals surface area contributed by atoms with E-state index in [0.29, 0.717) is 0 Å². The highest BCUT2D eigenvalue weighted by atomic mass is 14.9. The zero-order valence-electron chi connectivity index (χ0n) is 9.89. The molecule has 2 aromatic rings. The maximum atomic E-state index is 3.75. The van der Waals surface area contributed by atoms with Crippen molar-refractivity contribution < 1.29 is 0 Å². The SMILES string of the molecule is C=CCCc1cccc(Nc2ccccc2)c1. The van der Waals surface area contributed by atoms with Gasteiger partial charge in [0.15, 0.2) is 0 Å². The van der Waals surface area contributed by atoms with Crippen LogP contribution in [0, 0.1) is 0 Å². The van der Waals surface area contributed by atoms with E-state index >= 15 is 0 Å². The molecule has 0 bridgehead atoms. The lowest BCUT2D eigenvalue weighted by Gasteiger charge is -2.07. The van der Waals surface area contributed by atoms with Crippen LogP contribution >= 0.6 is 0 Å². The molecule has 1 heteroatoms. The molecule has 1 nitrogen and oxygen atoms in total. The predicted molar refractivity (Wildman–Crippen MR) is 74.7 cm³/mol. The van der Waals surface area contributed by atoms with E-state index < -0.39 is 0 Å². The van der Waals surface area contributed by atoms with Crippen molar-refractivity contribution in [2.24, 2.45) is 0 Å². The van der Waals surface area contributed by atoms with Crippen LogP contribution in [0.4, 0.5) is 11.4 Å². The highest BCUT2D eigenvalue weighted by molar-refractivity contribution is 5.59. The molecule has 0 atom stereocenters. The first-order valence-corrected chi connectivity index (χ1v) is 5.90. The summed E-state index contributed by atoms with van der Waals surface area (Å²) in [6.07, 6.45) is 4.03. The van der Waals surface area contributed by atoms with Crippen LogP contribution in [-0.2, 0) is 6.42 Å². The minimum Gasteiger partial charge on any atom is -0.356 e. The van der Waals surface area contributed by atoms with Crippen molar-refractivity contribution in [1.82, 2.24) is 0 Å². The minimum absolute atomic E-state index is 1.02. The van der Waals surface area contributed by atoms with Gasteiger partial charge in [0.2, 0.25) is 0 Å². The van der Waals surface area contributed by atoms with E-state index in [9.17, 15) is 0 Å². The summed E-state index contributed by atoms with van der Waals surface area (Å²) in [5, 5.41) is 3.39. The summed E-state index contributed by atoms with van der Waals surface area (Å²) in [6, 6.07) is 18.7. The Morgan fingerprint density at radius 2 is 1.71 bits per heavy atom. The van der Waals surface area contributed by atoms with Crippen LogP contribution < -0.4 is 5.32 Å². The highest BCUT2D eigenvalue weighted by Crippen LogP contribution is 2.18. The van der Waals surface area contributed by atoms with E-state index in [1.807, 2.05) is 24.3 Å². The molecule has 0 aliphatic rings. The molecular formula is C16H17N. The fourth-order valence-corrected chi connectivity index (χ4v) is 1.76. The quantitative estimate of drug-likeness (QED) is 0.733. The molecule has 2 rings (SSSR count). The topological polar surface area (TPSA) is 12.0 Å². The third-order valence-electron chi connectivity index (χ3n) is 2.63. The first-order chi connectivity index (χ1) is 8.38. The summed E-state index contributed by atoms with van der Waals surface area (Å²) in [5.41, 5.74) is 3.59. The van der Waals surface area contributed by atoms with E-state index in [-0.39, 0.29) is 0 Å². The molecule has 2 aromatic carbocycles. The molecule has 0 unspecified atom stereocenters. The molecule has 0 aromatic heterocycles. The average Bonchev–Trinajstić information content (AvgIpc) is 2.38. The van der Waals surface area contributed by atoms with E-state index in [1.54, 1.807) is 0 Å². The lowest BCUT2D eigenvalue weighted by Crippen LogP contribution is -1.91. The maximum absolute atomic E-state index is 3.75. The predicted octanol–water partition coefficient (Wildman–Crippen LogP) is 4.55. The molecule has 0 aliphatic heterocycles. The van der Waals surface area contributed by atoms with E-state index in [4.69, 9.17) is 0 Å². The largest absolute Gasteiger partial charge is 0.356 e. The van der Waals surface area contributed by atoms with Crippen LogP contribution in [0.1, 0.15) is 12.0 Å². The molecule has 0 spiro atoms. The van der Waals surface area contributed by atoms with Gasteiger partial charge in [0, 0.05) is 11.4 Å². The first-order valence-electron chi connectivity index (χ1n) is 5.90. The molecule has 0 fully saturated rings. The summed E-state index contributed by atoms with van der Waals surface area (Å²) in [7, 11) is 0. The van der Waals surface area contributed by atoms with Crippen LogP contribution in [0.5, 0.6) is 0 Å². The first kappa shape index (κ1) is 11.5. The van der Waals surface area contributed by atoms with Crippen molar-refractivity contribution in [2.45, 2.75) is 12.8 Å². The van der Waals surface area contributed by atoms with Gasteiger partial charge in [-0.25, -0.2) is 0 Å². The molecule has 0 aliphatic carbocycles. The van der Waals surface area contributed by atoms with E-state index in [2.05, 4.69) is 48.3 Å². The van der Waals surface area contributed by atoms with Gasteiger partial charge < -0.3 is 5.32 Å². The summed E-state index contributed by atoms with van der Waals surface area (Å²) < 4.78 is 0. The smallest absolute Gasteiger partial charge is 0.0386 e. The Balaban J connectivity index is 2.08. The molecule has 0 amide bonds. The normalized spacial score (nSPS) is 9.88. The van der Waals surface area contributed by atoms with Crippen LogP contribution in [0.2, 0.25) is 0 Å². The second kappa shape index (κ2) is 5.90. The number of para-hydroxylation sites is 1. The Kier molecular flexibility index (Phi) is 3.98. The molecule has 86 valence electrons. The summed E-state index contributed by atoms with van der Waals surface area (Å²) in [4.78, 5) is 0. The Morgan fingerprint density at radius 3 is 2.47 bits per heavy atom. The van der Waals surface area contributed by atoms with Gasteiger partial charge in [-0.3, -0.25) is 0 Å². The number of hydrogen-bond acceptors (Lipinski definition) is 1. The molecule has 0 radical (unpaired) electrons. The zero-order valence-corrected chi connectivity index (χ0v) is 9.89. The Hall–Kier alpha value is -2.02. The number of allylic oxidation sites excluding steroid dienone is 1. The standard InChI is InChI=1S/C16H17N/c1-2-3-8-14-9-7-12-16(13-14)17-15-10-5-4-6-11-15/h2,4-7,9-13,17H,1,3,8H2. The lowest BCUT2D eigenvalue weighted by molar-refractivity contribution is 1.00. The van der Waals surface area contributed by atoms with Crippen molar-refractivity contribution in [3.8, 4) is 0 Å². The highest BCUT2D eigenvalue weighted by Gasteiger charge is 1.96. The van der Waals surface area contributed by atoms with E-state index in [0.717, 1.165) is 24.2 Å². The fraction of sp³-hybridized carbons (Fsp3) is 0.125. The van der Waals surface area contributed by atoms with Crippen LogP contribution in [0.25, 0.3) is 0 Å². The summed E-state index contributed by atoms with van der Waals surface area (Å²) in [5.74, 6) is 0. The van der Waals surface area contributed by atoms with Gasteiger partial charge in [-0.2, -0.15) is 0 Å². The van der Waals surface area contributed by atoms with Crippen molar-refractivity contribution in [1.29, 1.82) is 0 Å². The maximum Gasteiger partial charge on any atom is 0.0386 e. The number of nitrogens with one attached hydrogen (secondary N) is 1. The van der Waals surface area contributed by atoms with Gasteiger partial charge in [-0.1, -0.05) is 36.4 Å². The molecule has 0 saturated carbocycles. The van der Waals surface area contributed by atoms with Crippen molar-refractivity contribution >= 4 is 11.4 Å². The average molecular weight is 223 g/mol. The van der Waals surface area contributed by atoms with Gasteiger partial charge in [0.05, 0.1) is 0 Å². The number of benzene rings is 2. The van der Waals surface area contributed by atoms with Gasteiger partial charge in [-0.05, 0) is 42.7 Å². The Morgan fingerprint density at radius 1 is 0.941 bits per heavy atom. The number of anilines is 2. The number of aryl methyl sites for hydroxylation is 1. The number of hydrogen-bond donors (Lipinski definition) is 1. The summed E-state index contributed by atoms with van der Waals surface area (Å²) in [6.45, 7) is 3.75. The minimum atomic E-state index is 1.02. The molecule has 17 heavy (non-hydrogen) atoms. The zero-order chi connectivity index (χ0) is 11.9. The molecule has 0 saturated heterocycles. The fourth-order valence-electron chi connectivity index (χ4n) is 1.76. The monoisotopic (exact) mass is 223 g/mol. The summed E-state index contributed by atoms with van der Waals surface area (Å²) >= 11 is 0. The van der Waals surface area contributed by atoms with Crippen molar-refractivity contribution in [2.75, 3.05) is 5.32 Å². The molecular weight excluding hydrogens is 206 g/mol. The van der Waals surface area contributed by atoms with Gasteiger partial charge in [-0.15, -0.1) is 6.58 Å². The van der Waals surface area contributed by atoms with Crippen LogP contribution in [-0.4, -0.2) is 0 Å². The van der Waals surface area contributed by atoms with Gasteiger partial charge in [0.1, 0.15) is 0 Å². The third-order valence-corrected chi connectivity index (χ3v) is 2.63. The second-order valence-electron chi connectivity index (χ2n) is 4.02. The van der Waals surface area contributed by atoms with E-state index in [1.165, 1.54) is 5.56 Å². The van der Waals surface area contributed by atoms with Crippen molar-refractivity contribution in [3.63, 3.8) is 0 Å². The number of rotatable bonds is 5. The third kappa shape index (κ3) is 3.49. The van der Waals surface area contributed by atoms with Crippen molar-refractivity contribution in [3.05, 3.63) is 72.8 Å². The molecule has 1 N–H and O–H groups in total.